The second kappa shape index (κ2) is 6.36. The highest BCUT2D eigenvalue weighted by Gasteiger charge is 2.24. The molecule has 1 N–H and O–H groups in total. The van der Waals surface area contributed by atoms with Gasteiger partial charge in [0, 0.05) is 12.4 Å². The predicted octanol–water partition coefficient (Wildman–Crippen LogP) is 1.11. The summed E-state index contributed by atoms with van der Waals surface area (Å²) in [5.74, 6) is 0.530. The van der Waals surface area contributed by atoms with Crippen LogP contribution in [-0.4, -0.2) is 39.5 Å². The van der Waals surface area contributed by atoms with Gasteiger partial charge in [-0.1, -0.05) is 18.7 Å². The number of aliphatic hydroxyl groups excluding tert-OH is 1. The van der Waals surface area contributed by atoms with Crippen molar-refractivity contribution in [2.45, 2.75) is 11.9 Å². The van der Waals surface area contributed by atoms with Gasteiger partial charge in [-0.2, -0.15) is 4.98 Å². The van der Waals surface area contributed by atoms with Crippen LogP contribution >= 0.6 is 11.8 Å². The van der Waals surface area contributed by atoms with Crippen LogP contribution in [0.4, 0.5) is 5.69 Å². The van der Waals surface area contributed by atoms with E-state index in [0.29, 0.717) is 5.75 Å². The summed E-state index contributed by atoms with van der Waals surface area (Å²) in [5.41, 5.74) is -0.231. The number of aliphatic hydroxyl groups is 1. The first-order chi connectivity index (χ1) is 8.10. The number of hydrogen-bond acceptors (Lipinski definition) is 7. The van der Waals surface area contributed by atoms with Crippen LogP contribution in [0.3, 0.4) is 0 Å². The molecule has 0 fully saturated rings. The molecule has 8 heteroatoms. The Hall–Kier alpha value is -1.41. The first kappa shape index (κ1) is 13.7. The van der Waals surface area contributed by atoms with E-state index < -0.39 is 4.92 Å². The molecule has 0 aliphatic carbocycles. The highest BCUT2D eigenvalue weighted by Crippen LogP contribution is 2.33. The number of nitrogens with zero attached hydrogens (tertiary/aromatic N) is 3. The first-order valence-corrected chi connectivity index (χ1v) is 5.85. The molecule has 1 aromatic heterocycles. The van der Waals surface area contributed by atoms with Crippen molar-refractivity contribution in [3.63, 3.8) is 0 Å². The third-order valence-electron chi connectivity index (χ3n) is 1.95. The molecule has 0 aliphatic heterocycles. The van der Waals surface area contributed by atoms with E-state index in [9.17, 15) is 10.1 Å². The Balaban J connectivity index is 2.94. The minimum Gasteiger partial charge on any atom is -0.476 e. The van der Waals surface area contributed by atoms with Gasteiger partial charge in [-0.05, 0) is 5.92 Å². The highest BCUT2D eigenvalue weighted by atomic mass is 32.2. The van der Waals surface area contributed by atoms with Crippen LogP contribution in [0.1, 0.15) is 6.92 Å². The SMILES string of the molecule is COc1ncnc(SCC(C)CO)c1[N+](=O)[O-]. The number of hydrogen-bond donors (Lipinski definition) is 1. The Bertz CT molecular complexity index is 402. The fraction of sp³-hybridized carbons (Fsp3) is 0.556. The van der Waals surface area contributed by atoms with Crippen LogP contribution in [-0.2, 0) is 0 Å². The zero-order valence-electron chi connectivity index (χ0n) is 9.49. The van der Waals surface area contributed by atoms with Crippen molar-refractivity contribution in [2.75, 3.05) is 19.5 Å². The maximum absolute atomic E-state index is 10.9. The van der Waals surface area contributed by atoms with Crippen molar-refractivity contribution >= 4 is 17.4 Å². The minimum absolute atomic E-state index is 0.0308. The van der Waals surface area contributed by atoms with Gasteiger partial charge < -0.3 is 9.84 Å². The smallest absolute Gasteiger partial charge is 0.362 e. The maximum atomic E-state index is 10.9. The van der Waals surface area contributed by atoms with Gasteiger partial charge in [0.05, 0.1) is 12.0 Å². The van der Waals surface area contributed by atoms with Crippen molar-refractivity contribution < 1.29 is 14.8 Å². The lowest BCUT2D eigenvalue weighted by molar-refractivity contribution is -0.389. The summed E-state index contributed by atoms with van der Waals surface area (Å²) < 4.78 is 4.82. The molecule has 0 aromatic carbocycles. The van der Waals surface area contributed by atoms with E-state index in [1.807, 2.05) is 6.92 Å². The Labute approximate surface area is 102 Å². The quantitative estimate of drug-likeness (QED) is 0.353. The van der Waals surface area contributed by atoms with Gasteiger partial charge >= 0.3 is 5.69 Å². The predicted molar refractivity (Wildman–Crippen MR) is 62.2 cm³/mol. The Morgan fingerprint density at radius 2 is 2.35 bits per heavy atom. The zero-order valence-corrected chi connectivity index (χ0v) is 10.3. The summed E-state index contributed by atoms with van der Waals surface area (Å²) in [6, 6.07) is 0. The molecule has 0 spiro atoms. The molecule has 0 radical (unpaired) electrons. The van der Waals surface area contributed by atoms with Crippen LogP contribution in [0.2, 0.25) is 0 Å². The van der Waals surface area contributed by atoms with E-state index >= 15 is 0 Å². The van der Waals surface area contributed by atoms with Crippen LogP contribution in [0.5, 0.6) is 5.88 Å². The monoisotopic (exact) mass is 259 g/mol. The van der Waals surface area contributed by atoms with E-state index in [-0.39, 0.29) is 29.1 Å². The summed E-state index contributed by atoms with van der Waals surface area (Å²) >= 11 is 1.20. The molecule has 0 bridgehead atoms. The fourth-order valence-corrected chi connectivity index (χ4v) is 2.00. The number of aromatic nitrogens is 2. The Kier molecular flexibility index (Phi) is 5.11. The summed E-state index contributed by atoms with van der Waals surface area (Å²) in [6.07, 6.45) is 1.22. The zero-order chi connectivity index (χ0) is 12.8. The number of methoxy groups -OCH3 is 1. The Morgan fingerprint density at radius 1 is 1.65 bits per heavy atom. The molecule has 0 amide bonds. The molecular weight excluding hydrogens is 246 g/mol. The van der Waals surface area contributed by atoms with Crippen molar-refractivity contribution in [1.82, 2.24) is 9.97 Å². The fourth-order valence-electron chi connectivity index (χ4n) is 1.03. The van der Waals surface area contributed by atoms with E-state index in [2.05, 4.69) is 9.97 Å². The molecule has 1 rings (SSSR count). The second-order valence-electron chi connectivity index (χ2n) is 3.39. The second-order valence-corrected chi connectivity index (χ2v) is 4.40. The molecule has 1 unspecified atom stereocenters. The van der Waals surface area contributed by atoms with Gasteiger partial charge in [0.15, 0.2) is 5.03 Å². The summed E-state index contributed by atoms with van der Waals surface area (Å²) in [7, 11) is 1.32. The lowest BCUT2D eigenvalue weighted by Gasteiger charge is -2.07. The van der Waals surface area contributed by atoms with Crippen LogP contribution in [0, 0.1) is 16.0 Å². The normalized spacial score (nSPS) is 12.2. The molecule has 7 nitrogen and oxygen atoms in total. The van der Waals surface area contributed by atoms with Gasteiger partial charge in [0.2, 0.25) is 0 Å². The average molecular weight is 259 g/mol. The van der Waals surface area contributed by atoms with Gasteiger partial charge in [0.25, 0.3) is 5.88 Å². The Morgan fingerprint density at radius 3 is 2.88 bits per heavy atom. The van der Waals surface area contributed by atoms with E-state index in [1.54, 1.807) is 0 Å². The van der Waals surface area contributed by atoms with Crippen LogP contribution < -0.4 is 4.74 Å². The molecule has 0 aliphatic rings. The molecule has 0 saturated carbocycles. The van der Waals surface area contributed by atoms with E-state index in [1.165, 1.54) is 25.2 Å². The molecular formula is C9H13N3O4S. The lowest BCUT2D eigenvalue weighted by atomic mass is 10.2. The van der Waals surface area contributed by atoms with Gasteiger partial charge in [-0.3, -0.25) is 10.1 Å². The average Bonchev–Trinajstić information content (AvgIpc) is 2.34. The van der Waals surface area contributed by atoms with Gasteiger partial charge in [0.1, 0.15) is 6.33 Å². The molecule has 0 saturated heterocycles. The van der Waals surface area contributed by atoms with Crippen molar-refractivity contribution in [3.8, 4) is 5.88 Å². The minimum atomic E-state index is -0.565. The number of rotatable bonds is 6. The summed E-state index contributed by atoms with van der Waals surface area (Å²) in [4.78, 5) is 17.9. The number of nitro groups is 1. The van der Waals surface area contributed by atoms with E-state index in [0.717, 1.165) is 0 Å². The lowest BCUT2D eigenvalue weighted by Crippen LogP contribution is -2.05. The van der Waals surface area contributed by atoms with E-state index in [4.69, 9.17) is 9.84 Å². The van der Waals surface area contributed by atoms with Gasteiger partial charge in [-0.25, -0.2) is 4.98 Å². The number of thioether (sulfide) groups is 1. The summed E-state index contributed by atoms with van der Waals surface area (Å²) in [5, 5.41) is 20.0. The number of ether oxygens (including phenoxy) is 1. The standard InChI is InChI=1S/C9H13N3O4S/c1-6(3-13)4-17-9-7(12(14)15)8(16-2)10-5-11-9/h5-6,13H,3-4H2,1-2H3. The molecule has 1 aromatic rings. The third-order valence-corrected chi connectivity index (χ3v) is 3.26. The summed E-state index contributed by atoms with van der Waals surface area (Å²) in [6.45, 7) is 1.88. The van der Waals surface area contributed by atoms with Crippen molar-refractivity contribution in [1.29, 1.82) is 0 Å². The maximum Gasteiger partial charge on any atom is 0.362 e. The topological polar surface area (TPSA) is 98.4 Å². The van der Waals surface area contributed by atoms with Crippen molar-refractivity contribution in [2.24, 2.45) is 5.92 Å². The van der Waals surface area contributed by atoms with Crippen molar-refractivity contribution in [3.05, 3.63) is 16.4 Å². The molecule has 1 atom stereocenters. The van der Waals surface area contributed by atoms with Crippen LogP contribution in [0.15, 0.2) is 11.4 Å². The first-order valence-electron chi connectivity index (χ1n) is 4.87. The molecule has 1 heterocycles. The third kappa shape index (κ3) is 3.53. The largest absolute Gasteiger partial charge is 0.476 e. The van der Waals surface area contributed by atoms with Gasteiger partial charge in [-0.15, -0.1) is 0 Å². The molecule has 17 heavy (non-hydrogen) atoms. The van der Waals surface area contributed by atoms with Crippen LogP contribution in [0.25, 0.3) is 0 Å². The highest BCUT2D eigenvalue weighted by molar-refractivity contribution is 7.99. The molecule has 94 valence electrons.